The Bertz CT molecular complexity index is 1460. The van der Waals surface area contributed by atoms with Gasteiger partial charge in [-0.3, -0.25) is 0 Å². The number of rotatable bonds is 4. The van der Waals surface area contributed by atoms with Gasteiger partial charge in [-0.25, -0.2) is 9.97 Å². The van der Waals surface area contributed by atoms with Crippen molar-refractivity contribution in [2.45, 2.75) is 0 Å². The molecule has 0 saturated carbocycles. The summed E-state index contributed by atoms with van der Waals surface area (Å²) < 4.78 is 0. The fraction of sp³-hybridized carbons (Fsp3) is 0.172. The number of piperazine rings is 1. The Balaban J connectivity index is 1.46. The van der Waals surface area contributed by atoms with Gasteiger partial charge >= 0.3 is 0 Å². The van der Waals surface area contributed by atoms with E-state index >= 15 is 0 Å². The molecule has 1 aliphatic heterocycles. The van der Waals surface area contributed by atoms with Crippen molar-refractivity contribution in [3.63, 3.8) is 0 Å². The number of H-pyrrole nitrogens is 1. The highest BCUT2D eigenvalue weighted by Gasteiger charge is 2.18. The zero-order valence-corrected chi connectivity index (χ0v) is 19.8. The van der Waals surface area contributed by atoms with Crippen LogP contribution < -0.4 is 10.6 Å². The summed E-state index contributed by atoms with van der Waals surface area (Å²) in [6, 6.07) is 25.1. The minimum Gasteiger partial charge on any atom is -0.399 e. The Labute approximate surface area is 205 Å². The van der Waals surface area contributed by atoms with Crippen LogP contribution in [0, 0.1) is 0 Å². The van der Waals surface area contributed by atoms with E-state index < -0.39 is 0 Å². The van der Waals surface area contributed by atoms with Crippen molar-refractivity contribution in [3.8, 4) is 33.5 Å². The second kappa shape index (κ2) is 8.89. The van der Waals surface area contributed by atoms with Crippen LogP contribution >= 0.6 is 0 Å². The van der Waals surface area contributed by atoms with E-state index in [-0.39, 0.29) is 0 Å². The Hall–Kier alpha value is -4.16. The van der Waals surface area contributed by atoms with Crippen molar-refractivity contribution in [1.82, 2.24) is 19.9 Å². The van der Waals surface area contributed by atoms with E-state index in [2.05, 4.69) is 70.4 Å². The van der Waals surface area contributed by atoms with Crippen LogP contribution in [0.4, 0.5) is 11.4 Å². The average Bonchev–Trinajstić information content (AvgIpc) is 3.33. The van der Waals surface area contributed by atoms with Crippen molar-refractivity contribution in [2.24, 2.45) is 0 Å². The van der Waals surface area contributed by atoms with E-state index in [4.69, 9.17) is 15.7 Å². The van der Waals surface area contributed by atoms with E-state index in [9.17, 15) is 0 Å². The maximum Gasteiger partial charge on any atom is 0.156 e. The van der Waals surface area contributed by atoms with Crippen LogP contribution in [-0.2, 0) is 0 Å². The molecule has 174 valence electrons. The largest absolute Gasteiger partial charge is 0.399 e. The van der Waals surface area contributed by atoms with Gasteiger partial charge in [0.1, 0.15) is 5.52 Å². The highest BCUT2D eigenvalue weighted by atomic mass is 15.2. The van der Waals surface area contributed by atoms with Crippen LogP contribution in [0.2, 0.25) is 0 Å². The molecule has 3 N–H and O–H groups in total. The Morgan fingerprint density at radius 3 is 2.31 bits per heavy atom. The summed E-state index contributed by atoms with van der Waals surface area (Å²) in [7, 11) is 2.18. The summed E-state index contributed by atoms with van der Waals surface area (Å²) in [4.78, 5) is 17.9. The van der Waals surface area contributed by atoms with Gasteiger partial charge in [0.2, 0.25) is 0 Å². The van der Waals surface area contributed by atoms with Crippen LogP contribution in [0.25, 0.3) is 44.7 Å². The summed E-state index contributed by atoms with van der Waals surface area (Å²) >= 11 is 0. The van der Waals surface area contributed by atoms with Crippen molar-refractivity contribution in [1.29, 1.82) is 0 Å². The molecule has 0 atom stereocenters. The lowest BCUT2D eigenvalue weighted by atomic mass is 9.96. The fourth-order valence-corrected chi connectivity index (χ4v) is 4.78. The standard InChI is InChI=1S/C29H28N6/c1-34-13-15-35(16-14-34)23-11-12-24(25(17-23)20-5-3-2-4-6-20)27-19-32-29-28(33-27)26(18-31-29)21-7-9-22(30)10-8-21/h2-12,17-19H,13-16,30H2,1H3,(H,31,32). The Morgan fingerprint density at radius 1 is 0.800 bits per heavy atom. The van der Waals surface area contributed by atoms with E-state index in [0.29, 0.717) is 0 Å². The number of hydrogen-bond acceptors (Lipinski definition) is 5. The van der Waals surface area contributed by atoms with Gasteiger partial charge in [-0.05, 0) is 48.0 Å². The van der Waals surface area contributed by atoms with Crippen LogP contribution in [0.1, 0.15) is 0 Å². The van der Waals surface area contributed by atoms with Gasteiger partial charge in [0.25, 0.3) is 0 Å². The number of nitrogens with two attached hydrogens (primary N) is 1. The quantitative estimate of drug-likeness (QED) is 0.356. The van der Waals surface area contributed by atoms with E-state index in [1.807, 2.05) is 36.7 Å². The first kappa shape index (κ1) is 21.4. The smallest absolute Gasteiger partial charge is 0.156 e. The number of hydrogen-bond donors (Lipinski definition) is 2. The first-order valence-corrected chi connectivity index (χ1v) is 12.0. The lowest BCUT2D eigenvalue weighted by Crippen LogP contribution is -2.44. The topological polar surface area (TPSA) is 74.1 Å². The molecule has 5 aromatic rings. The molecule has 0 aliphatic carbocycles. The molecule has 6 rings (SSSR count). The summed E-state index contributed by atoms with van der Waals surface area (Å²) in [5.41, 5.74) is 15.9. The van der Waals surface area contributed by atoms with Crippen molar-refractivity contribution in [2.75, 3.05) is 43.9 Å². The second-order valence-electron chi connectivity index (χ2n) is 9.16. The summed E-state index contributed by atoms with van der Waals surface area (Å²) in [6.45, 7) is 4.21. The molecule has 0 radical (unpaired) electrons. The number of nitrogen functional groups attached to an aromatic ring is 1. The first-order chi connectivity index (χ1) is 17.2. The van der Waals surface area contributed by atoms with Gasteiger partial charge < -0.3 is 20.5 Å². The predicted molar refractivity (Wildman–Crippen MR) is 144 cm³/mol. The molecular formula is C29H28N6. The highest BCUT2D eigenvalue weighted by molar-refractivity contribution is 5.93. The molecule has 2 aromatic heterocycles. The normalized spacial score (nSPS) is 14.5. The van der Waals surface area contributed by atoms with Gasteiger partial charge in [-0.1, -0.05) is 48.5 Å². The molecule has 1 saturated heterocycles. The summed E-state index contributed by atoms with van der Waals surface area (Å²) in [5.74, 6) is 0. The minimum absolute atomic E-state index is 0.744. The number of aromatic nitrogens is 3. The molecular weight excluding hydrogens is 432 g/mol. The molecule has 0 unspecified atom stereocenters. The number of benzene rings is 3. The molecule has 35 heavy (non-hydrogen) atoms. The van der Waals surface area contributed by atoms with E-state index in [1.54, 1.807) is 0 Å². The zero-order chi connectivity index (χ0) is 23.8. The zero-order valence-electron chi connectivity index (χ0n) is 19.8. The van der Waals surface area contributed by atoms with Gasteiger partial charge in [0, 0.05) is 54.9 Å². The third-order valence-electron chi connectivity index (χ3n) is 6.83. The number of fused-ring (bicyclic) bond motifs is 1. The number of aromatic amines is 1. The van der Waals surface area contributed by atoms with Crippen LogP contribution in [0.3, 0.4) is 0 Å². The number of nitrogens with zero attached hydrogens (tertiary/aromatic N) is 4. The maximum atomic E-state index is 5.90. The van der Waals surface area contributed by atoms with E-state index in [0.717, 1.165) is 65.4 Å². The van der Waals surface area contributed by atoms with Crippen molar-refractivity contribution in [3.05, 3.63) is 85.2 Å². The average molecular weight is 461 g/mol. The monoisotopic (exact) mass is 460 g/mol. The van der Waals surface area contributed by atoms with Crippen LogP contribution in [-0.4, -0.2) is 53.1 Å². The van der Waals surface area contributed by atoms with Crippen molar-refractivity contribution >= 4 is 22.5 Å². The first-order valence-electron chi connectivity index (χ1n) is 12.0. The summed E-state index contributed by atoms with van der Waals surface area (Å²) in [5, 5.41) is 0. The Morgan fingerprint density at radius 2 is 1.54 bits per heavy atom. The predicted octanol–water partition coefficient (Wildman–Crippen LogP) is 5.29. The maximum absolute atomic E-state index is 5.90. The van der Waals surface area contributed by atoms with Gasteiger partial charge in [-0.15, -0.1) is 0 Å². The third-order valence-corrected chi connectivity index (χ3v) is 6.83. The minimum atomic E-state index is 0.744. The fourth-order valence-electron chi connectivity index (χ4n) is 4.78. The van der Waals surface area contributed by atoms with Crippen LogP contribution in [0.15, 0.2) is 85.2 Å². The lowest BCUT2D eigenvalue weighted by molar-refractivity contribution is 0.313. The number of likely N-dealkylation sites (N-methyl/N-ethyl adjacent to an activating group) is 1. The third kappa shape index (κ3) is 4.13. The molecule has 6 heteroatoms. The molecule has 1 fully saturated rings. The number of anilines is 2. The molecule has 0 bridgehead atoms. The SMILES string of the molecule is CN1CCN(c2ccc(-c3cnc4[nH]cc(-c5ccc(N)cc5)c4n3)c(-c3ccccc3)c2)CC1. The van der Waals surface area contributed by atoms with E-state index in [1.165, 1.54) is 16.8 Å². The molecule has 0 amide bonds. The molecule has 3 heterocycles. The molecule has 3 aromatic carbocycles. The Kier molecular flexibility index (Phi) is 5.43. The molecule has 6 nitrogen and oxygen atoms in total. The molecule has 1 aliphatic rings. The van der Waals surface area contributed by atoms with Crippen LogP contribution in [0.5, 0.6) is 0 Å². The van der Waals surface area contributed by atoms with Crippen molar-refractivity contribution < 1.29 is 0 Å². The second-order valence-corrected chi connectivity index (χ2v) is 9.16. The summed E-state index contributed by atoms with van der Waals surface area (Å²) in [6.07, 6.45) is 3.83. The lowest BCUT2D eigenvalue weighted by Gasteiger charge is -2.34. The molecule has 0 spiro atoms. The van der Waals surface area contributed by atoms with Gasteiger partial charge in [0.15, 0.2) is 5.65 Å². The van der Waals surface area contributed by atoms with Gasteiger partial charge in [0.05, 0.1) is 11.9 Å². The van der Waals surface area contributed by atoms with Gasteiger partial charge in [-0.2, -0.15) is 0 Å². The highest BCUT2D eigenvalue weighted by Crippen LogP contribution is 2.36. The number of nitrogens with one attached hydrogen (secondary N) is 1.